The minimum Gasteiger partial charge on any atom is -0.477 e. The average molecular weight is 225 g/mol. The second-order valence-electron chi connectivity index (χ2n) is 3.73. The number of carbonyl (C=O) groups is 1. The molecule has 0 amide bonds. The summed E-state index contributed by atoms with van der Waals surface area (Å²) in [7, 11) is 0. The van der Waals surface area contributed by atoms with E-state index in [1.54, 1.807) is 10.9 Å². The van der Waals surface area contributed by atoms with Crippen LogP contribution >= 0.6 is 0 Å². The van der Waals surface area contributed by atoms with Crippen LogP contribution in [-0.4, -0.2) is 58.4 Å². The van der Waals surface area contributed by atoms with Crippen molar-refractivity contribution in [3.8, 4) is 0 Å². The van der Waals surface area contributed by atoms with Crippen LogP contribution in [0.4, 0.5) is 0 Å². The van der Waals surface area contributed by atoms with Crippen molar-refractivity contribution in [3.63, 3.8) is 0 Å². The van der Waals surface area contributed by atoms with Crippen molar-refractivity contribution in [2.45, 2.75) is 6.54 Å². The molecular weight excluding hydrogens is 210 g/mol. The SMILES string of the molecule is O=C(O)c1cncn1CCN1CCOCC1. The summed E-state index contributed by atoms with van der Waals surface area (Å²) in [6.45, 7) is 4.83. The van der Waals surface area contributed by atoms with Gasteiger partial charge in [0.25, 0.3) is 0 Å². The highest BCUT2D eigenvalue weighted by molar-refractivity contribution is 5.85. The fraction of sp³-hybridized carbons (Fsp3) is 0.600. The molecule has 16 heavy (non-hydrogen) atoms. The van der Waals surface area contributed by atoms with Gasteiger partial charge >= 0.3 is 5.97 Å². The first-order valence-electron chi connectivity index (χ1n) is 5.31. The van der Waals surface area contributed by atoms with Crippen LogP contribution in [0.5, 0.6) is 0 Å². The minimum atomic E-state index is -0.931. The molecule has 1 saturated heterocycles. The number of ether oxygens (including phenoxy) is 1. The number of hydrogen-bond donors (Lipinski definition) is 1. The van der Waals surface area contributed by atoms with Crippen LogP contribution in [0.25, 0.3) is 0 Å². The van der Waals surface area contributed by atoms with Gasteiger partial charge in [0.2, 0.25) is 0 Å². The maximum absolute atomic E-state index is 10.8. The smallest absolute Gasteiger partial charge is 0.354 e. The molecule has 2 heterocycles. The Morgan fingerprint density at radius 3 is 2.88 bits per heavy atom. The van der Waals surface area contributed by atoms with Crippen LogP contribution in [0.15, 0.2) is 12.5 Å². The molecule has 1 aliphatic heterocycles. The number of rotatable bonds is 4. The highest BCUT2D eigenvalue weighted by Gasteiger charge is 2.13. The molecule has 1 aliphatic rings. The summed E-state index contributed by atoms with van der Waals surface area (Å²) in [5, 5.41) is 8.90. The second-order valence-corrected chi connectivity index (χ2v) is 3.73. The third kappa shape index (κ3) is 2.59. The van der Waals surface area contributed by atoms with Gasteiger partial charge in [-0.1, -0.05) is 0 Å². The second kappa shape index (κ2) is 5.09. The summed E-state index contributed by atoms with van der Waals surface area (Å²) in [5.41, 5.74) is 0.244. The van der Waals surface area contributed by atoms with Gasteiger partial charge in [-0.3, -0.25) is 4.90 Å². The van der Waals surface area contributed by atoms with Gasteiger partial charge in [-0.2, -0.15) is 0 Å². The average Bonchev–Trinajstić information content (AvgIpc) is 2.76. The number of imidazole rings is 1. The molecule has 88 valence electrons. The fourth-order valence-corrected chi connectivity index (χ4v) is 1.75. The van der Waals surface area contributed by atoms with Gasteiger partial charge in [-0.05, 0) is 0 Å². The molecule has 2 rings (SSSR count). The lowest BCUT2D eigenvalue weighted by atomic mass is 10.4. The minimum absolute atomic E-state index is 0.244. The molecule has 0 aliphatic carbocycles. The number of aromatic nitrogens is 2. The van der Waals surface area contributed by atoms with Crippen molar-refractivity contribution in [2.75, 3.05) is 32.8 Å². The zero-order valence-electron chi connectivity index (χ0n) is 9.00. The van der Waals surface area contributed by atoms with Gasteiger partial charge < -0.3 is 14.4 Å². The first kappa shape index (κ1) is 11.1. The molecule has 0 unspecified atom stereocenters. The third-order valence-corrected chi connectivity index (χ3v) is 2.69. The van der Waals surface area contributed by atoms with E-state index >= 15 is 0 Å². The van der Waals surface area contributed by atoms with Crippen molar-refractivity contribution < 1.29 is 14.6 Å². The monoisotopic (exact) mass is 225 g/mol. The predicted molar refractivity (Wildman–Crippen MR) is 56.4 cm³/mol. The molecule has 6 heteroatoms. The maximum atomic E-state index is 10.8. The molecule has 0 radical (unpaired) electrons. The van der Waals surface area contributed by atoms with Crippen molar-refractivity contribution in [1.29, 1.82) is 0 Å². The van der Waals surface area contributed by atoms with Gasteiger partial charge in [0, 0.05) is 26.2 Å². The molecule has 1 N–H and O–H groups in total. The number of morpholine rings is 1. The Hall–Kier alpha value is -1.40. The molecule has 1 aromatic rings. The quantitative estimate of drug-likeness (QED) is 0.776. The lowest BCUT2D eigenvalue weighted by molar-refractivity contribution is 0.0361. The summed E-state index contributed by atoms with van der Waals surface area (Å²) in [6.07, 6.45) is 2.94. The number of carboxylic acids is 1. The third-order valence-electron chi connectivity index (χ3n) is 2.69. The molecule has 6 nitrogen and oxygen atoms in total. The lowest BCUT2D eigenvalue weighted by Crippen LogP contribution is -2.38. The Morgan fingerprint density at radius 2 is 2.19 bits per heavy atom. The Balaban J connectivity index is 1.88. The van der Waals surface area contributed by atoms with E-state index in [0.717, 1.165) is 32.8 Å². The molecule has 0 atom stereocenters. The van der Waals surface area contributed by atoms with Crippen molar-refractivity contribution in [3.05, 3.63) is 18.2 Å². The maximum Gasteiger partial charge on any atom is 0.354 e. The van der Waals surface area contributed by atoms with E-state index in [1.165, 1.54) is 6.20 Å². The molecule has 1 aromatic heterocycles. The molecule has 0 bridgehead atoms. The van der Waals surface area contributed by atoms with E-state index in [2.05, 4.69) is 9.88 Å². The van der Waals surface area contributed by atoms with Crippen LogP contribution in [-0.2, 0) is 11.3 Å². The Morgan fingerprint density at radius 1 is 1.44 bits per heavy atom. The normalized spacial score (nSPS) is 17.5. The number of aromatic carboxylic acids is 1. The summed E-state index contributed by atoms with van der Waals surface area (Å²) < 4.78 is 6.91. The van der Waals surface area contributed by atoms with Crippen LogP contribution in [0.1, 0.15) is 10.5 Å². The highest BCUT2D eigenvalue weighted by Crippen LogP contribution is 2.02. The zero-order chi connectivity index (χ0) is 11.4. The van der Waals surface area contributed by atoms with E-state index in [4.69, 9.17) is 9.84 Å². The Bertz CT molecular complexity index is 358. The van der Waals surface area contributed by atoms with Gasteiger partial charge in [0.05, 0.1) is 25.7 Å². The fourth-order valence-electron chi connectivity index (χ4n) is 1.75. The predicted octanol–water partition coefficient (Wildman–Crippen LogP) is -0.0865. The van der Waals surface area contributed by atoms with E-state index in [9.17, 15) is 4.79 Å². The Labute approximate surface area is 93.4 Å². The molecule has 0 saturated carbocycles. The summed E-state index contributed by atoms with van der Waals surface area (Å²) in [6, 6.07) is 0. The van der Waals surface area contributed by atoms with E-state index < -0.39 is 5.97 Å². The largest absolute Gasteiger partial charge is 0.477 e. The summed E-state index contributed by atoms with van der Waals surface area (Å²) >= 11 is 0. The van der Waals surface area contributed by atoms with Gasteiger partial charge in [-0.25, -0.2) is 9.78 Å². The van der Waals surface area contributed by atoms with Crippen LogP contribution in [0.3, 0.4) is 0 Å². The number of carboxylic acid groups (broad SMARTS) is 1. The van der Waals surface area contributed by atoms with E-state index in [-0.39, 0.29) is 5.69 Å². The van der Waals surface area contributed by atoms with Crippen LogP contribution in [0.2, 0.25) is 0 Å². The standard InChI is InChI=1S/C10H15N3O3/c14-10(15)9-7-11-8-13(9)2-1-12-3-5-16-6-4-12/h7-8H,1-6H2,(H,14,15). The molecule has 0 aromatic carbocycles. The van der Waals surface area contributed by atoms with Crippen molar-refractivity contribution in [1.82, 2.24) is 14.5 Å². The molecule has 1 fully saturated rings. The van der Waals surface area contributed by atoms with Gasteiger partial charge in [0.1, 0.15) is 5.69 Å². The van der Waals surface area contributed by atoms with Crippen LogP contribution < -0.4 is 0 Å². The van der Waals surface area contributed by atoms with Crippen molar-refractivity contribution in [2.24, 2.45) is 0 Å². The summed E-state index contributed by atoms with van der Waals surface area (Å²) in [5.74, 6) is -0.931. The van der Waals surface area contributed by atoms with Crippen LogP contribution in [0, 0.1) is 0 Å². The summed E-state index contributed by atoms with van der Waals surface area (Å²) in [4.78, 5) is 16.9. The number of nitrogens with zero attached hydrogens (tertiary/aromatic N) is 3. The first-order valence-corrected chi connectivity index (χ1v) is 5.31. The highest BCUT2D eigenvalue weighted by atomic mass is 16.5. The molecule has 0 spiro atoms. The Kier molecular flexibility index (Phi) is 3.53. The van der Waals surface area contributed by atoms with Gasteiger partial charge in [0.15, 0.2) is 0 Å². The zero-order valence-corrected chi connectivity index (χ0v) is 9.00. The van der Waals surface area contributed by atoms with E-state index in [0.29, 0.717) is 6.54 Å². The molecular formula is C10H15N3O3. The van der Waals surface area contributed by atoms with Gasteiger partial charge in [-0.15, -0.1) is 0 Å². The van der Waals surface area contributed by atoms with Crippen molar-refractivity contribution >= 4 is 5.97 Å². The number of hydrogen-bond acceptors (Lipinski definition) is 4. The lowest BCUT2D eigenvalue weighted by Gasteiger charge is -2.26. The first-order chi connectivity index (χ1) is 7.77. The van der Waals surface area contributed by atoms with E-state index in [1.807, 2.05) is 0 Å². The topological polar surface area (TPSA) is 67.6 Å².